The molecule has 1 saturated heterocycles. The van der Waals surface area contributed by atoms with Crippen molar-refractivity contribution in [2.75, 3.05) is 18.5 Å². The number of anilines is 1. The first kappa shape index (κ1) is 19.9. The summed E-state index contributed by atoms with van der Waals surface area (Å²) in [4.78, 5) is 12.1. The molecule has 1 aliphatic rings. The van der Waals surface area contributed by atoms with Gasteiger partial charge in [-0.25, -0.2) is 0 Å². The highest BCUT2D eigenvalue weighted by Gasteiger charge is 2.22. The van der Waals surface area contributed by atoms with Gasteiger partial charge in [-0.1, -0.05) is 0 Å². The first-order valence-electron chi connectivity index (χ1n) is 7.73. The lowest BCUT2D eigenvalue weighted by Crippen LogP contribution is -2.38. The molecule has 4 N–H and O–H groups in total. The molecule has 1 unspecified atom stereocenters. The average Bonchev–Trinajstić information content (AvgIpc) is 2.84. The van der Waals surface area contributed by atoms with E-state index in [0.717, 1.165) is 26.1 Å². The summed E-state index contributed by atoms with van der Waals surface area (Å²) >= 11 is 0. The predicted molar refractivity (Wildman–Crippen MR) is 90.5 cm³/mol. The van der Waals surface area contributed by atoms with Crippen LogP contribution in [0.25, 0.3) is 0 Å². The van der Waals surface area contributed by atoms with Crippen molar-refractivity contribution < 1.29 is 14.6 Å². The fourth-order valence-corrected chi connectivity index (χ4v) is 2.58. The van der Waals surface area contributed by atoms with E-state index in [1.54, 1.807) is 30.8 Å². The van der Waals surface area contributed by atoms with Gasteiger partial charge in [-0.2, -0.15) is 5.10 Å². The van der Waals surface area contributed by atoms with Gasteiger partial charge in [0.05, 0.1) is 18.2 Å². The van der Waals surface area contributed by atoms with Crippen molar-refractivity contribution in [1.29, 1.82) is 0 Å². The van der Waals surface area contributed by atoms with E-state index < -0.39 is 11.6 Å². The Labute approximate surface area is 143 Å². The van der Waals surface area contributed by atoms with Crippen molar-refractivity contribution in [3.05, 3.63) is 12.3 Å². The number of hydrogen-bond acceptors (Lipinski definition) is 5. The molecule has 1 aliphatic heterocycles. The number of carbonyl (C=O) groups is 1. The molecule has 8 heteroatoms. The van der Waals surface area contributed by atoms with Gasteiger partial charge in [0.1, 0.15) is 0 Å². The summed E-state index contributed by atoms with van der Waals surface area (Å²) in [5.74, 6) is 0.680. The summed E-state index contributed by atoms with van der Waals surface area (Å²) in [6.45, 7) is 5.27. The van der Waals surface area contributed by atoms with Crippen LogP contribution in [0.4, 0.5) is 5.82 Å². The van der Waals surface area contributed by atoms with Gasteiger partial charge in [-0.15, -0.1) is 12.4 Å². The molecule has 2 heterocycles. The van der Waals surface area contributed by atoms with Crippen LogP contribution in [0.15, 0.2) is 12.3 Å². The maximum atomic E-state index is 12.1. The quantitative estimate of drug-likeness (QED) is 0.717. The van der Waals surface area contributed by atoms with Gasteiger partial charge in [0.2, 0.25) is 5.91 Å². The van der Waals surface area contributed by atoms with E-state index in [4.69, 9.17) is 10.5 Å². The molecule has 0 bridgehead atoms. The van der Waals surface area contributed by atoms with Gasteiger partial charge in [0, 0.05) is 25.5 Å². The Bertz CT molecular complexity index is 495. The highest BCUT2D eigenvalue weighted by Crippen LogP contribution is 2.20. The molecule has 1 amide bonds. The van der Waals surface area contributed by atoms with Gasteiger partial charge in [-0.3, -0.25) is 9.48 Å². The molecule has 132 valence electrons. The molecular weight excluding hydrogens is 320 g/mol. The summed E-state index contributed by atoms with van der Waals surface area (Å²) in [5.41, 5.74) is 5.12. The number of aromatic nitrogens is 2. The minimum atomic E-state index is -0.854. The second-order valence-corrected chi connectivity index (χ2v) is 6.60. The van der Waals surface area contributed by atoms with Crippen molar-refractivity contribution in [3.8, 4) is 0 Å². The van der Waals surface area contributed by atoms with E-state index in [-0.39, 0.29) is 18.3 Å². The maximum Gasteiger partial charge on any atom is 0.242 e. The number of nitrogens with two attached hydrogens (primary N) is 1. The standard InChI is InChI=1S/C15H26N4O3.ClH/c1-15(2,21)10-19-6-3-13(18-19)17-14(20)12(16)9-11-4-7-22-8-5-11;/h3,6,11-12,21H,4-5,7-10,16H2,1-2H3,(H,17,18,20);1H. The average molecular weight is 347 g/mol. The summed E-state index contributed by atoms with van der Waals surface area (Å²) in [6, 6.07) is 1.16. The van der Waals surface area contributed by atoms with E-state index in [1.807, 2.05) is 0 Å². The summed E-state index contributed by atoms with van der Waals surface area (Å²) < 4.78 is 6.90. The van der Waals surface area contributed by atoms with Crippen LogP contribution < -0.4 is 11.1 Å². The lowest BCUT2D eigenvalue weighted by atomic mass is 9.92. The molecule has 7 nitrogen and oxygen atoms in total. The van der Waals surface area contributed by atoms with Crippen LogP contribution in [0.2, 0.25) is 0 Å². The predicted octanol–water partition coefficient (Wildman–Crippen LogP) is 1.16. The Morgan fingerprint density at radius 2 is 2.22 bits per heavy atom. The molecule has 1 aromatic rings. The summed E-state index contributed by atoms with van der Waals surface area (Å²) in [7, 11) is 0. The number of carbonyl (C=O) groups excluding carboxylic acids is 1. The van der Waals surface area contributed by atoms with E-state index >= 15 is 0 Å². The van der Waals surface area contributed by atoms with E-state index in [2.05, 4.69) is 10.4 Å². The minimum absolute atomic E-state index is 0. The van der Waals surface area contributed by atoms with Crippen molar-refractivity contribution >= 4 is 24.1 Å². The number of nitrogens with zero attached hydrogens (tertiary/aromatic N) is 2. The third-order valence-corrected chi connectivity index (χ3v) is 3.71. The Balaban J connectivity index is 0.00000264. The maximum absolute atomic E-state index is 12.1. The molecule has 1 fully saturated rings. The van der Waals surface area contributed by atoms with E-state index in [9.17, 15) is 9.90 Å². The van der Waals surface area contributed by atoms with Crippen LogP contribution in [-0.2, 0) is 16.1 Å². The Hall–Kier alpha value is -1.15. The Morgan fingerprint density at radius 3 is 2.83 bits per heavy atom. The fourth-order valence-electron chi connectivity index (χ4n) is 2.58. The largest absolute Gasteiger partial charge is 0.389 e. The SMILES string of the molecule is CC(C)(O)Cn1ccc(NC(=O)C(N)CC2CCOCC2)n1.Cl. The molecule has 1 aromatic heterocycles. The van der Waals surface area contributed by atoms with Gasteiger partial charge < -0.3 is 20.9 Å². The molecule has 0 spiro atoms. The Kier molecular flexibility index (Phi) is 7.47. The Morgan fingerprint density at radius 1 is 1.57 bits per heavy atom. The number of aliphatic hydroxyl groups is 1. The highest BCUT2D eigenvalue weighted by molar-refractivity contribution is 5.93. The molecule has 0 aromatic carbocycles. The van der Waals surface area contributed by atoms with Crippen LogP contribution in [0.5, 0.6) is 0 Å². The monoisotopic (exact) mass is 346 g/mol. The molecule has 0 aliphatic carbocycles. The molecule has 0 saturated carbocycles. The number of rotatable bonds is 6. The van der Waals surface area contributed by atoms with Crippen molar-refractivity contribution in [1.82, 2.24) is 9.78 Å². The number of halogens is 1. The minimum Gasteiger partial charge on any atom is -0.389 e. The third-order valence-electron chi connectivity index (χ3n) is 3.71. The molecular formula is C15H27ClN4O3. The lowest BCUT2D eigenvalue weighted by molar-refractivity contribution is -0.118. The van der Waals surface area contributed by atoms with Crippen LogP contribution in [0.3, 0.4) is 0 Å². The van der Waals surface area contributed by atoms with Crippen LogP contribution in [0.1, 0.15) is 33.1 Å². The zero-order valence-corrected chi connectivity index (χ0v) is 14.5. The number of ether oxygens (including phenoxy) is 1. The summed E-state index contributed by atoms with van der Waals surface area (Å²) in [5, 5.41) is 16.7. The normalized spacial score (nSPS) is 17.4. The third kappa shape index (κ3) is 6.87. The molecule has 0 radical (unpaired) electrons. The van der Waals surface area contributed by atoms with Crippen molar-refractivity contribution in [2.45, 2.75) is 51.3 Å². The van der Waals surface area contributed by atoms with Gasteiger partial charge >= 0.3 is 0 Å². The van der Waals surface area contributed by atoms with Crippen LogP contribution in [0, 0.1) is 5.92 Å². The smallest absolute Gasteiger partial charge is 0.242 e. The second-order valence-electron chi connectivity index (χ2n) is 6.60. The van der Waals surface area contributed by atoms with Crippen LogP contribution in [-0.4, -0.2) is 45.7 Å². The topological polar surface area (TPSA) is 102 Å². The zero-order chi connectivity index (χ0) is 16.2. The van der Waals surface area contributed by atoms with Crippen molar-refractivity contribution in [3.63, 3.8) is 0 Å². The summed E-state index contributed by atoms with van der Waals surface area (Å²) in [6.07, 6.45) is 4.31. The molecule has 23 heavy (non-hydrogen) atoms. The lowest BCUT2D eigenvalue weighted by Gasteiger charge is -2.24. The first-order chi connectivity index (χ1) is 10.3. The molecule has 1 atom stereocenters. The van der Waals surface area contributed by atoms with E-state index in [1.165, 1.54) is 0 Å². The highest BCUT2D eigenvalue weighted by atomic mass is 35.5. The van der Waals surface area contributed by atoms with Gasteiger partial charge in [0.15, 0.2) is 5.82 Å². The van der Waals surface area contributed by atoms with Gasteiger partial charge in [0.25, 0.3) is 0 Å². The number of nitrogens with one attached hydrogen (secondary N) is 1. The molecule has 2 rings (SSSR count). The first-order valence-corrected chi connectivity index (χ1v) is 7.73. The van der Waals surface area contributed by atoms with Gasteiger partial charge in [-0.05, 0) is 39.0 Å². The zero-order valence-electron chi connectivity index (χ0n) is 13.7. The van der Waals surface area contributed by atoms with Crippen LogP contribution >= 0.6 is 12.4 Å². The van der Waals surface area contributed by atoms with Crippen molar-refractivity contribution in [2.24, 2.45) is 11.7 Å². The fraction of sp³-hybridized carbons (Fsp3) is 0.733. The van der Waals surface area contributed by atoms with E-state index in [0.29, 0.717) is 24.7 Å². The number of hydrogen-bond donors (Lipinski definition) is 3. The number of amides is 1. The second kappa shape index (κ2) is 8.63.